The molecule has 0 bridgehead atoms. The first-order chi connectivity index (χ1) is 8.24. The Morgan fingerprint density at radius 2 is 2.18 bits per heavy atom. The highest BCUT2D eigenvalue weighted by atomic mass is 19.1. The summed E-state index contributed by atoms with van der Waals surface area (Å²) in [6.45, 7) is 4.30. The van der Waals surface area contributed by atoms with Crippen LogP contribution in [0.2, 0.25) is 0 Å². The summed E-state index contributed by atoms with van der Waals surface area (Å²) in [5, 5.41) is 3.39. The molecule has 2 nitrogen and oxygen atoms in total. The average Bonchev–Trinajstić information content (AvgIpc) is 2.86. The molecule has 2 saturated heterocycles. The van der Waals surface area contributed by atoms with E-state index in [1.54, 1.807) is 6.07 Å². The zero-order valence-electron chi connectivity index (χ0n) is 10.2. The lowest BCUT2D eigenvalue weighted by molar-refractivity contribution is 0.318. The van der Waals surface area contributed by atoms with Crippen LogP contribution in [-0.2, 0) is 0 Å². The SMILES string of the molecule is Cc1ccc(NC2CCN3CCCC23)c(F)c1. The summed E-state index contributed by atoms with van der Waals surface area (Å²) in [5.41, 5.74) is 1.64. The summed E-state index contributed by atoms with van der Waals surface area (Å²) in [5.74, 6) is -0.124. The van der Waals surface area contributed by atoms with Crippen molar-refractivity contribution in [3.63, 3.8) is 0 Å². The molecule has 0 saturated carbocycles. The van der Waals surface area contributed by atoms with Crippen molar-refractivity contribution in [1.82, 2.24) is 4.90 Å². The first kappa shape index (κ1) is 11.0. The van der Waals surface area contributed by atoms with E-state index < -0.39 is 0 Å². The van der Waals surface area contributed by atoms with E-state index in [4.69, 9.17) is 0 Å². The van der Waals surface area contributed by atoms with Gasteiger partial charge in [-0.25, -0.2) is 4.39 Å². The molecule has 2 atom stereocenters. The van der Waals surface area contributed by atoms with E-state index in [1.165, 1.54) is 19.4 Å². The number of anilines is 1. The highest BCUT2D eigenvalue weighted by Crippen LogP contribution is 2.30. The van der Waals surface area contributed by atoms with Gasteiger partial charge in [-0.05, 0) is 50.4 Å². The summed E-state index contributed by atoms with van der Waals surface area (Å²) in [4.78, 5) is 2.53. The number of nitrogens with zero attached hydrogens (tertiary/aromatic N) is 1. The maximum atomic E-state index is 13.8. The smallest absolute Gasteiger partial charge is 0.146 e. The lowest BCUT2D eigenvalue weighted by Crippen LogP contribution is -2.33. The van der Waals surface area contributed by atoms with Gasteiger partial charge in [0.05, 0.1) is 5.69 Å². The Morgan fingerprint density at radius 3 is 3.00 bits per heavy atom. The van der Waals surface area contributed by atoms with Gasteiger partial charge in [0.2, 0.25) is 0 Å². The number of hydrogen-bond acceptors (Lipinski definition) is 2. The van der Waals surface area contributed by atoms with Gasteiger partial charge in [0.15, 0.2) is 0 Å². The predicted molar refractivity (Wildman–Crippen MR) is 67.8 cm³/mol. The summed E-state index contributed by atoms with van der Waals surface area (Å²) < 4.78 is 13.8. The Balaban J connectivity index is 1.74. The van der Waals surface area contributed by atoms with Gasteiger partial charge in [-0.1, -0.05) is 6.07 Å². The van der Waals surface area contributed by atoms with Crippen molar-refractivity contribution < 1.29 is 4.39 Å². The average molecular weight is 234 g/mol. The van der Waals surface area contributed by atoms with E-state index in [1.807, 2.05) is 19.1 Å². The molecule has 0 spiro atoms. The van der Waals surface area contributed by atoms with Crippen molar-refractivity contribution in [2.75, 3.05) is 18.4 Å². The molecule has 1 aromatic rings. The van der Waals surface area contributed by atoms with Crippen LogP contribution in [0.4, 0.5) is 10.1 Å². The van der Waals surface area contributed by atoms with Crippen molar-refractivity contribution in [1.29, 1.82) is 0 Å². The maximum absolute atomic E-state index is 13.8. The molecule has 3 rings (SSSR count). The van der Waals surface area contributed by atoms with Crippen molar-refractivity contribution in [2.24, 2.45) is 0 Å². The van der Waals surface area contributed by atoms with Gasteiger partial charge in [-0.3, -0.25) is 4.90 Å². The maximum Gasteiger partial charge on any atom is 0.146 e. The highest BCUT2D eigenvalue weighted by Gasteiger charge is 2.37. The van der Waals surface area contributed by atoms with Crippen LogP contribution >= 0.6 is 0 Å². The summed E-state index contributed by atoms with van der Waals surface area (Å²) in [6.07, 6.45) is 3.68. The molecule has 2 aliphatic rings. The molecule has 2 unspecified atom stereocenters. The molecule has 0 amide bonds. The number of aryl methyl sites for hydroxylation is 1. The third-order valence-electron chi connectivity index (χ3n) is 4.07. The second-order valence-corrected chi connectivity index (χ2v) is 5.27. The number of nitrogens with one attached hydrogen (secondary N) is 1. The Hall–Kier alpha value is -1.09. The molecule has 92 valence electrons. The predicted octanol–water partition coefficient (Wildman–Crippen LogP) is 2.78. The zero-order chi connectivity index (χ0) is 11.8. The third kappa shape index (κ3) is 2.04. The third-order valence-corrected chi connectivity index (χ3v) is 4.07. The number of fused-ring (bicyclic) bond motifs is 1. The van der Waals surface area contributed by atoms with Crippen molar-refractivity contribution in [3.8, 4) is 0 Å². The fourth-order valence-electron chi connectivity index (χ4n) is 3.19. The first-order valence-corrected chi connectivity index (χ1v) is 6.51. The zero-order valence-corrected chi connectivity index (χ0v) is 10.2. The molecular weight excluding hydrogens is 215 g/mol. The molecule has 3 heteroatoms. The Bertz CT molecular complexity index is 419. The lowest BCUT2D eigenvalue weighted by atomic mass is 10.1. The molecule has 0 radical (unpaired) electrons. The quantitative estimate of drug-likeness (QED) is 0.846. The van der Waals surface area contributed by atoms with E-state index in [0.717, 1.165) is 18.5 Å². The Kier molecular flexibility index (Phi) is 2.79. The molecule has 17 heavy (non-hydrogen) atoms. The van der Waals surface area contributed by atoms with Crippen LogP contribution in [0.15, 0.2) is 18.2 Å². The molecule has 2 fully saturated rings. The number of hydrogen-bond donors (Lipinski definition) is 1. The van der Waals surface area contributed by atoms with Crippen LogP contribution in [-0.4, -0.2) is 30.1 Å². The number of rotatable bonds is 2. The van der Waals surface area contributed by atoms with Crippen LogP contribution in [0.3, 0.4) is 0 Å². The van der Waals surface area contributed by atoms with Gasteiger partial charge in [-0.15, -0.1) is 0 Å². The van der Waals surface area contributed by atoms with Crippen LogP contribution in [0.5, 0.6) is 0 Å². The van der Waals surface area contributed by atoms with E-state index in [9.17, 15) is 4.39 Å². The first-order valence-electron chi connectivity index (χ1n) is 6.51. The van der Waals surface area contributed by atoms with Crippen LogP contribution in [0.25, 0.3) is 0 Å². The molecule has 1 aromatic carbocycles. The minimum atomic E-state index is -0.124. The largest absolute Gasteiger partial charge is 0.378 e. The van der Waals surface area contributed by atoms with E-state index >= 15 is 0 Å². The van der Waals surface area contributed by atoms with Crippen molar-refractivity contribution in [3.05, 3.63) is 29.6 Å². The Labute approximate surface area is 102 Å². The van der Waals surface area contributed by atoms with Gasteiger partial charge in [0.1, 0.15) is 5.82 Å². The van der Waals surface area contributed by atoms with E-state index in [2.05, 4.69) is 10.2 Å². The van der Waals surface area contributed by atoms with Crippen LogP contribution in [0.1, 0.15) is 24.8 Å². The van der Waals surface area contributed by atoms with E-state index in [-0.39, 0.29) is 5.82 Å². The molecule has 0 aromatic heterocycles. The summed E-state index contributed by atoms with van der Waals surface area (Å²) in [6, 6.07) is 6.48. The second-order valence-electron chi connectivity index (χ2n) is 5.27. The standard InChI is InChI=1S/C14H19FN2/c1-10-4-5-12(11(15)9-10)16-13-6-8-17-7-2-3-14(13)17/h4-5,9,13-14,16H,2-3,6-8H2,1H3. The fourth-order valence-corrected chi connectivity index (χ4v) is 3.19. The number of halogens is 1. The van der Waals surface area contributed by atoms with E-state index in [0.29, 0.717) is 17.8 Å². The van der Waals surface area contributed by atoms with Gasteiger partial charge < -0.3 is 5.32 Å². The molecule has 2 aliphatic heterocycles. The van der Waals surface area contributed by atoms with Gasteiger partial charge in [0.25, 0.3) is 0 Å². The summed E-state index contributed by atoms with van der Waals surface area (Å²) >= 11 is 0. The summed E-state index contributed by atoms with van der Waals surface area (Å²) in [7, 11) is 0. The fraction of sp³-hybridized carbons (Fsp3) is 0.571. The monoisotopic (exact) mass is 234 g/mol. The minimum Gasteiger partial charge on any atom is -0.378 e. The van der Waals surface area contributed by atoms with Gasteiger partial charge in [-0.2, -0.15) is 0 Å². The topological polar surface area (TPSA) is 15.3 Å². The minimum absolute atomic E-state index is 0.124. The van der Waals surface area contributed by atoms with Crippen LogP contribution < -0.4 is 5.32 Å². The van der Waals surface area contributed by atoms with Gasteiger partial charge in [0, 0.05) is 18.6 Å². The molecule has 1 N–H and O–H groups in total. The second kappa shape index (κ2) is 4.30. The molecule has 0 aliphatic carbocycles. The number of benzene rings is 1. The van der Waals surface area contributed by atoms with Crippen molar-refractivity contribution >= 4 is 5.69 Å². The molecular formula is C14H19FN2. The normalized spacial score (nSPS) is 28.4. The highest BCUT2D eigenvalue weighted by molar-refractivity contribution is 5.47. The Morgan fingerprint density at radius 1 is 1.29 bits per heavy atom. The van der Waals surface area contributed by atoms with Crippen molar-refractivity contribution in [2.45, 2.75) is 38.3 Å². The van der Waals surface area contributed by atoms with Crippen LogP contribution in [0, 0.1) is 12.7 Å². The molecule has 2 heterocycles. The lowest BCUT2D eigenvalue weighted by Gasteiger charge is -2.22. The van der Waals surface area contributed by atoms with Gasteiger partial charge >= 0.3 is 0 Å².